The first-order chi connectivity index (χ1) is 9.52. The molecule has 0 bridgehead atoms. The van der Waals surface area contributed by atoms with Gasteiger partial charge in [0.15, 0.2) is 5.82 Å². The van der Waals surface area contributed by atoms with E-state index in [1.165, 1.54) is 0 Å². The summed E-state index contributed by atoms with van der Waals surface area (Å²) in [6.45, 7) is 0.232. The van der Waals surface area contributed by atoms with Crippen molar-refractivity contribution in [1.82, 2.24) is 20.1 Å². The molecule has 1 aromatic heterocycles. The summed E-state index contributed by atoms with van der Waals surface area (Å²) in [6, 6.07) is 0. The molecule has 1 aliphatic rings. The first-order valence-electron chi connectivity index (χ1n) is 6.86. The van der Waals surface area contributed by atoms with E-state index in [1.54, 1.807) is 18.1 Å². The summed E-state index contributed by atoms with van der Waals surface area (Å²) in [5.41, 5.74) is -0.889. The van der Waals surface area contributed by atoms with Gasteiger partial charge in [-0.05, 0) is 12.8 Å². The molecule has 2 N–H and O–H groups in total. The maximum Gasteiger partial charge on any atom is 0.310 e. The van der Waals surface area contributed by atoms with Gasteiger partial charge in [-0.2, -0.15) is 5.10 Å². The highest BCUT2D eigenvalue weighted by Crippen LogP contribution is 2.39. The van der Waals surface area contributed by atoms with Crippen LogP contribution in [0.3, 0.4) is 0 Å². The Kier molecular flexibility index (Phi) is 4.36. The molecule has 110 valence electrons. The maximum atomic E-state index is 12.0. The number of carboxylic acids is 1. The molecule has 0 radical (unpaired) electrons. The fourth-order valence-electron chi connectivity index (χ4n) is 2.71. The number of hydrogen-bond acceptors (Lipinski definition) is 4. The van der Waals surface area contributed by atoms with Crippen LogP contribution in [0.5, 0.6) is 0 Å². The minimum Gasteiger partial charge on any atom is -0.481 e. The summed E-state index contributed by atoms with van der Waals surface area (Å²) in [6.07, 6.45) is 5.56. The Hall–Kier alpha value is -1.92. The summed E-state index contributed by atoms with van der Waals surface area (Å²) in [5.74, 6) is -0.584. The lowest BCUT2D eigenvalue weighted by molar-refractivity contribution is -0.154. The number of carbonyl (C=O) groups is 2. The molecule has 1 heterocycles. The predicted octanol–water partition coefficient (Wildman–Crippen LogP) is 0.856. The van der Waals surface area contributed by atoms with E-state index in [9.17, 15) is 14.7 Å². The smallest absolute Gasteiger partial charge is 0.310 e. The van der Waals surface area contributed by atoms with E-state index in [1.807, 2.05) is 0 Å². The van der Waals surface area contributed by atoms with Gasteiger partial charge in [0.25, 0.3) is 0 Å². The summed E-state index contributed by atoms with van der Waals surface area (Å²) >= 11 is 0. The fraction of sp³-hybridized carbons (Fsp3) is 0.692. The van der Waals surface area contributed by atoms with Gasteiger partial charge in [0.2, 0.25) is 5.91 Å². The van der Waals surface area contributed by atoms with Crippen LogP contribution in [0.4, 0.5) is 0 Å². The minimum absolute atomic E-state index is 0.0369. The van der Waals surface area contributed by atoms with Crippen molar-refractivity contribution in [2.45, 2.75) is 45.1 Å². The molecule has 1 aromatic rings. The quantitative estimate of drug-likeness (QED) is 0.833. The molecule has 0 unspecified atom stereocenters. The molecule has 1 fully saturated rings. The number of aromatic nitrogens is 3. The first kappa shape index (κ1) is 14.5. The number of nitrogens with zero attached hydrogens (tertiary/aromatic N) is 3. The molecule has 0 saturated heterocycles. The van der Waals surface area contributed by atoms with Crippen molar-refractivity contribution in [3.8, 4) is 0 Å². The van der Waals surface area contributed by atoms with Crippen LogP contribution in [0.25, 0.3) is 0 Å². The molecule has 0 spiro atoms. The molecule has 0 aromatic carbocycles. The van der Waals surface area contributed by atoms with Crippen molar-refractivity contribution < 1.29 is 14.7 Å². The molecule has 1 aliphatic carbocycles. The average molecular weight is 280 g/mol. The van der Waals surface area contributed by atoms with E-state index in [4.69, 9.17) is 0 Å². The van der Waals surface area contributed by atoms with Gasteiger partial charge >= 0.3 is 5.97 Å². The molecule has 1 saturated carbocycles. The van der Waals surface area contributed by atoms with E-state index in [-0.39, 0.29) is 18.9 Å². The van der Waals surface area contributed by atoms with Crippen molar-refractivity contribution in [2.75, 3.05) is 0 Å². The lowest BCUT2D eigenvalue weighted by atomic mass is 9.71. The second kappa shape index (κ2) is 6.02. The molecular weight excluding hydrogens is 260 g/mol. The summed E-state index contributed by atoms with van der Waals surface area (Å²) in [7, 11) is 1.75. The second-order valence-corrected chi connectivity index (χ2v) is 5.43. The summed E-state index contributed by atoms with van der Waals surface area (Å²) in [5, 5.41) is 16.2. The van der Waals surface area contributed by atoms with E-state index >= 15 is 0 Å². The van der Waals surface area contributed by atoms with Gasteiger partial charge < -0.3 is 10.4 Å². The van der Waals surface area contributed by atoms with E-state index in [2.05, 4.69) is 15.4 Å². The van der Waals surface area contributed by atoms with E-state index < -0.39 is 11.4 Å². The number of amides is 1. The highest BCUT2D eigenvalue weighted by molar-refractivity contribution is 5.85. The normalized spacial score (nSPS) is 17.6. The largest absolute Gasteiger partial charge is 0.481 e. The van der Waals surface area contributed by atoms with Gasteiger partial charge in [0, 0.05) is 13.5 Å². The third-order valence-corrected chi connectivity index (χ3v) is 3.85. The Bertz CT molecular complexity index is 492. The van der Waals surface area contributed by atoms with Crippen molar-refractivity contribution >= 4 is 11.9 Å². The third-order valence-electron chi connectivity index (χ3n) is 3.85. The molecule has 0 aliphatic heterocycles. The molecule has 0 atom stereocenters. The lowest BCUT2D eigenvalue weighted by Gasteiger charge is -2.32. The van der Waals surface area contributed by atoms with Gasteiger partial charge in [-0.3, -0.25) is 14.3 Å². The Morgan fingerprint density at radius 1 is 1.40 bits per heavy atom. The highest BCUT2D eigenvalue weighted by atomic mass is 16.4. The monoisotopic (exact) mass is 280 g/mol. The van der Waals surface area contributed by atoms with Crippen LogP contribution in [0.2, 0.25) is 0 Å². The SMILES string of the molecule is Cn1cnc(CNC(=O)CC2(C(=O)O)CCCCC2)n1. The number of carbonyl (C=O) groups excluding carboxylic acids is 1. The van der Waals surface area contributed by atoms with Crippen LogP contribution in [0.15, 0.2) is 6.33 Å². The number of aliphatic carboxylic acids is 1. The van der Waals surface area contributed by atoms with Crippen LogP contribution in [0.1, 0.15) is 44.3 Å². The minimum atomic E-state index is -0.889. The fourth-order valence-corrected chi connectivity index (χ4v) is 2.71. The zero-order valence-electron chi connectivity index (χ0n) is 11.6. The van der Waals surface area contributed by atoms with Crippen LogP contribution >= 0.6 is 0 Å². The number of aryl methyl sites for hydroxylation is 1. The summed E-state index contributed by atoms with van der Waals surface area (Å²) < 4.78 is 1.56. The Morgan fingerprint density at radius 2 is 2.10 bits per heavy atom. The van der Waals surface area contributed by atoms with Crippen molar-refractivity contribution in [1.29, 1.82) is 0 Å². The van der Waals surface area contributed by atoms with E-state index in [0.717, 1.165) is 19.3 Å². The van der Waals surface area contributed by atoms with Gasteiger partial charge in [-0.15, -0.1) is 0 Å². The van der Waals surface area contributed by atoms with Crippen molar-refractivity contribution in [3.63, 3.8) is 0 Å². The van der Waals surface area contributed by atoms with Gasteiger partial charge in [0.05, 0.1) is 12.0 Å². The number of rotatable bonds is 5. The predicted molar refractivity (Wildman–Crippen MR) is 70.6 cm³/mol. The van der Waals surface area contributed by atoms with Crippen molar-refractivity contribution in [3.05, 3.63) is 12.2 Å². The van der Waals surface area contributed by atoms with Gasteiger partial charge in [-0.25, -0.2) is 4.98 Å². The zero-order chi connectivity index (χ0) is 14.6. The van der Waals surface area contributed by atoms with Gasteiger partial charge in [0.1, 0.15) is 6.33 Å². The molecular formula is C13H20N4O3. The third kappa shape index (κ3) is 3.34. The molecule has 7 heteroatoms. The average Bonchev–Trinajstić information content (AvgIpc) is 2.83. The van der Waals surface area contributed by atoms with Crippen molar-refractivity contribution in [2.24, 2.45) is 12.5 Å². The zero-order valence-corrected chi connectivity index (χ0v) is 11.6. The topological polar surface area (TPSA) is 97.1 Å². The van der Waals surface area contributed by atoms with Crippen LogP contribution < -0.4 is 5.32 Å². The molecule has 2 rings (SSSR count). The Morgan fingerprint density at radius 3 is 2.65 bits per heavy atom. The van der Waals surface area contributed by atoms with Gasteiger partial charge in [-0.1, -0.05) is 19.3 Å². The lowest BCUT2D eigenvalue weighted by Crippen LogP contribution is -2.39. The second-order valence-electron chi connectivity index (χ2n) is 5.43. The number of nitrogens with one attached hydrogen (secondary N) is 1. The standard InChI is InChI=1S/C13H20N4O3/c1-17-9-15-10(16-17)8-14-11(18)7-13(12(19)20)5-3-2-4-6-13/h9H,2-8H2,1H3,(H,14,18)(H,19,20). The first-order valence-corrected chi connectivity index (χ1v) is 6.86. The number of carboxylic acid groups (broad SMARTS) is 1. The highest BCUT2D eigenvalue weighted by Gasteiger charge is 2.41. The van der Waals surface area contributed by atoms with Crippen LogP contribution in [-0.2, 0) is 23.2 Å². The Balaban J connectivity index is 1.90. The Labute approximate surface area is 117 Å². The van der Waals surface area contributed by atoms with Crippen LogP contribution in [-0.4, -0.2) is 31.7 Å². The summed E-state index contributed by atoms with van der Waals surface area (Å²) in [4.78, 5) is 27.5. The molecule has 1 amide bonds. The maximum absolute atomic E-state index is 12.0. The van der Waals surface area contributed by atoms with E-state index in [0.29, 0.717) is 18.7 Å². The van der Waals surface area contributed by atoms with Crippen LogP contribution in [0, 0.1) is 5.41 Å². The molecule has 7 nitrogen and oxygen atoms in total. The molecule has 20 heavy (non-hydrogen) atoms. The number of hydrogen-bond donors (Lipinski definition) is 2.